The molecule has 0 bridgehead atoms. The van der Waals surface area contributed by atoms with Gasteiger partial charge in [0.15, 0.2) is 0 Å². The van der Waals surface area contributed by atoms with E-state index in [4.69, 9.17) is 16.3 Å². The Morgan fingerprint density at radius 1 is 0.929 bits per heavy atom. The van der Waals surface area contributed by atoms with Crippen LogP contribution in [0.15, 0.2) is 60.7 Å². The molecule has 220 valence electrons. The molecule has 42 heavy (non-hydrogen) atoms. The largest absolute Gasteiger partial charge is 0.496 e. The Balaban J connectivity index is 1.12. The summed E-state index contributed by atoms with van der Waals surface area (Å²) in [4.78, 5) is 35.7. The lowest BCUT2D eigenvalue weighted by Gasteiger charge is -2.35. The molecule has 3 aliphatic heterocycles. The third kappa shape index (κ3) is 5.45. The molecular formula is C33H36ClFN4O3. The molecule has 3 fully saturated rings. The van der Waals surface area contributed by atoms with Crippen molar-refractivity contribution in [2.45, 2.75) is 19.4 Å². The highest BCUT2D eigenvalue weighted by atomic mass is 35.5. The second kappa shape index (κ2) is 11.9. The summed E-state index contributed by atoms with van der Waals surface area (Å²) in [5.41, 5.74) is 3.46. The van der Waals surface area contributed by atoms with Crippen LogP contribution >= 0.6 is 11.6 Å². The van der Waals surface area contributed by atoms with E-state index in [2.05, 4.69) is 16.7 Å². The van der Waals surface area contributed by atoms with E-state index in [0.29, 0.717) is 52.7 Å². The molecule has 0 unspecified atom stereocenters. The molecule has 3 aromatic rings. The van der Waals surface area contributed by atoms with Crippen LogP contribution in [0.25, 0.3) is 11.1 Å². The number of hydrogen-bond donors (Lipinski definition) is 0. The highest BCUT2D eigenvalue weighted by Crippen LogP contribution is 2.37. The Morgan fingerprint density at radius 2 is 1.69 bits per heavy atom. The Labute approximate surface area is 251 Å². The maximum absolute atomic E-state index is 13.9. The number of methoxy groups -OCH3 is 1. The maximum atomic E-state index is 13.9. The SMILES string of the molecule is CCN1CCN(c2ccc(C(=O)N3C[C@@H]4CCN(C(=O)c5ccc(-c6cc(F)ccc6OC)cc5Cl)[C@@H]4C3)cc2)CC1. The summed E-state index contributed by atoms with van der Waals surface area (Å²) in [6.07, 6.45) is 0.846. The predicted octanol–water partition coefficient (Wildman–Crippen LogP) is 5.28. The molecule has 2 amide bonds. The number of anilines is 1. The van der Waals surface area contributed by atoms with Gasteiger partial charge in [-0.15, -0.1) is 0 Å². The third-order valence-electron chi connectivity index (χ3n) is 9.07. The fourth-order valence-corrected chi connectivity index (χ4v) is 6.88. The van der Waals surface area contributed by atoms with Crippen LogP contribution in [0.5, 0.6) is 5.75 Å². The van der Waals surface area contributed by atoms with Crippen LogP contribution in [0, 0.1) is 11.7 Å². The first-order valence-corrected chi connectivity index (χ1v) is 15.0. The van der Waals surface area contributed by atoms with Crippen LogP contribution in [-0.4, -0.2) is 92.0 Å². The predicted molar refractivity (Wildman–Crippen MR) is 163 cm³/mol. The van der Waals surface area contributed by atoms with Gasteiger partial charge in [0.25, 0.3) is 11.8 Å². The average Bonchev–Trinajstić information content (AvgIpc) is 3.62. The molecule has 6 rings (SSSR count). The molecule has 0 radical (unpaired) electrons. The average molecular weight is 591 g/mol. The normalized spacial score (nSPS) is 20.6. The first-order chi connectivity index (χ1) is 20.4. The lowest BCUT2D eigenvalue weighted by atomic mass is 10.0. The van der Waals surface area contributed by atoms with Crippen LogP contribution in [-0.2, 0) is 0 Å². The molecule has 0 N–H and O–H groups in total. The minimum atomic E-state index is -0.382. The zero-order valence-corrected chi connectivity index (χ0v) is 24.8. The third-order valence-corrected chi connectivity index (χ3v) is 9.38. The molecule has 3 aliphatic rings. The summed E-state index contributed by atoms with van der Waals surface area (Å²) >= 11 is 6.62. The van der Waals surface area contributed by atoms with Crippen LogP contribution in [0.2, 0.25) is 5.02 Å². The van der Waals surface area contributed by atoms with Gasteiger partial charge in [0, 0.05) is 68.5 Å². The molecule has 2 atom stereocenters. The highest BCUT2D eigenvalue weighted by molar-refractivity contribution is 6.34. The van der Waals surface area contributed by atoms with Gasteiger partial charge in [-0.25, -0.2) is 4.39 Å². The number of carbonyl (C=O) groups is 2. The minimum Gasteiger partial charge on any atom is -0.496 e. The van der Waals surface area contributed by atoms with Crippen LogP contribution in [0.4, 0.5) is 10.1 Å². The molecule has 3 saturated heterocycles. The van der Waals surface area contributed by atoms with E-state index >= 15 is 0 Å². The van der Waals surface area contributed by atoms with E-state index < -0.39 is 0 Å². The maximum Gasteiger partial charge on any atom is 0.255 e. The summed E-state index contributed by atoms with van der Waals surface area (Å²) in [6, 6.07) is 17.3. The second-order valence-corrected chi connectivity index (χ2v) is 11.7. The zero-order chi connectivity index (χ0) is 29.4. The first-order valence-electron chi connectivity index (χ1n) is 14.7. The summed E-state index contributed by atoms with van der Waals surface area (Å²) < 4.78 is 19.3. The molecular weight excluding hydrogens is 555 g/mol. The second-order valence-electron chi connectivity index (χ2n) is 11.3. The number of ether oxygens (including phenoxy) is 1. The summed E-state index contributed by atoms with van der Waals surface area (Å²) in [5.74, 6) is 0.236. The van der Waals surface area contributed by atoms with Gasteiger partial charge >= 0.3 is 0 Å². The number of carbonyl (C=O) groups excluding carboxylic acids is 2. The van der Waals surface area contributed by atoms with Crippen LogP contribution < -0.4 is 9.64 Å². The van der Waals surface area contributed by atoms with E-state index in [1.165, 1.54) is 19.2 Å². The Bertz CT molecular complexity index is 1470. The van der Waals surface area contributed by atoms with E-state index in [-0.39, 0.29) is 29.6 Å². The lowest BCUT2D eigenvalue weighted by Crippen LogP contribution is -2.46. The van der Waals surface area contributed by atoms with E-state index in [1.54, 1.807) is 24.3 Å². The number of amides is 2. The molecule has 3 aromatic carbocycles. The Morgan fingerprint density at radius 3 is 2.38 bits per heavy atom. The fourth-order valence-electron chi connectivity index (χ4n) is 6.62. The molecule has 9 heteroatoms. The zero-order valence-electron chi connectivity index (χ0n) is 24.1. The van der Waals surface area contributed by atoms with E-state index in [9.17, 15) is 14.0 Å². The topological polar surface area (TPSA) is 56.3 Å². The number of benzene rings is 3. The van der Waals surface area contributed by atoms with E-state index in [1.807, 2.05) is 34.1 Å². The standard InChI is InChI=1S/C33H36ClFN4O3/c1-3-36-14-16-37(17-15-36)26-8-4-22(5-9-26)32(40)38-20-24-12-13-39(30(24)21-38)33(41)27-10-6-23(18-29(27)34)28-19-25(35)7-11-31(28)42-2/h4-11,18-19,24,30H,3,12-17,20-21H2,1-2H3/t24-,30+/m0/s1. The lowest BCUT2D eigenvalue weighted by molar-refractivity contribution is 0.0689. The number of likely N-dealkylation sites (tertiary alicyclic amines) is 2. The molecule has 3 heterocycles. The number of halogens is 2. The first kappa shape index (κ1) is 28.5. The molecule has 0 saturated carbocycles. The number of nitrogens with zero attached hydrogens (tertiary/aromatic N) is 4. The van der Waals surface area contributed by atoms with E-state index in [0.717, 1.165) is 44.8 Å². The van der Waals surface area contributed by atoms with Crippen molar-refractivity contribution in [1.82, 2.24) is 14.7 Å². The van der Waals surface area contributed by atoms with Crippen molar-refractivity contribution in [1.29, 1.82) is 0 Å². The van der Waals surface area contributed by atoms with Crippen molar-refractivity contribution < 1.29 is 18.7 Å². The summed E-state index contributed by atoms with van der Waals surface area (Å²) in [6.45, 7) is 9.14. The van der Waals surface area contributed by atoms with Gasteiger partial charge in [-0.3, -0.25) is 9.59 Å². The van der Waals surface area contributed by atoms with Gasteiger partial charge in [-0.1, -0.05) is 24.6 Å². The van der Waals surface area contributed by atoms with Gasteiger partial charge in [0.2, 0.25) is 0 Å². The van der Waals surface area contributed by atoms with Gasteiger partial charge in [0.05, 0.1) is 23.7 Å². The fraction of sp³-hybridized carbons (Fsp3) is 0.394. The number of fused-ring (bicyclic) bond motifs is 1. The van der Waals surface area contributed by atoms with Gasteiger partial charge in [0.1, 0.15) is 11.6 Å². The molecule has 0 spiro atoms. The van der Waals surface area contributed by atoms with Crippen molar-refractivity contribution in [2.75, 3.05) is 64.4 Å². The summed E-state index contributed by atoms with van der Waals surface area (Å²) in [5, 5.41) is 0.300. The molecule has 7 nitrogen and oxygen atoms in total. The van der Waals surface area contributed by atoms with Crippen molar-refractivity contribution in [2.24, 2.45) is 5.92 Å². The number of hydrogen-bond acceptors (Lipinski definition) is 5. The number of rotatable bonds is 6. The smallest absolute Gasteiger partial charge is 0.255 e. The number of piperazine rings is 1. The van der Waals surface area contributed by atoms with Crippen LogP contribution in [0.3, 0.4) is 0 Å². The van der Waals surface area contributed by atoms with Crippen LogP contribution in [0.1, 0.15) is 34.1 Å². The van der Waals surface area contributed by atoms with Crippen molar-refractivity contribution >= 4 is 29.1 Å². The minimum absolute atomic E-state index is 0.00516. The monoisotopic (exact) mass is 590 g/mol. The van der Waals surface area contributed by atoms with Gasteiger partial charge in [-0.2, -0.15) is 0 Å². The summed E-state index contributed by atoms with van der Waals surface area (Å²) in [7, 11) is 1.53. The molecule has 0 aliphatic carbocycles. The number of likely N-dealkylation sites (N-methyl/N-ethyl adjacent to an activating group) is 1. The quantitative estimate of drug-likeness (QED) is 0.391. The Kier molecular flexibility index (Phi) is 8.10. The van der Waals surface area contributed by atoms with Gasteiger partial charge < -0.3 is 24.3 Å². The Hall–Kier alpha value is -3.62. The molecule has 0 aromatic heterocycles. The van der Waals surface area contributed by atoms with Crippen molar-refractivity contribution in [3.63, 3.8) is 0 Å². The van der Waals surface area contributed by atoms with Gasteiger partial charge in [-0.05, 0) is 73.1 Å². The van der Waals surface area contributed by atoms with Crippen molar-refractivity contribution in [3.05, 3.63) is 82.6 Å². The van der Waals surface area contributed by atoms with Crippen molar-refractivity contribution in [3.8, 4) is 16.9 Å². The highest BCUT2D eigenvalue weighted by Gasteiger charge is 2.45.